The normalized spacial score (nSPS) is 10.9. The van der Waals surface area contributed by atoms with E-state index in [1.165, 1.54) is 11.8 Å². The van der Waals surface area contributed by atoms with Gasteiger partial charge in [0.2, 0.25) is 5.91 Å². The van der Waals surface area contributed by atoms with Crippen LogP contribution in [0.5, 0.6) is 0 Å². The van der Waals surface area contributed by atoms with E-state index in [4.69, 9.17) is 23.2 Å². The molecule has 1 amide bonds. The van der Waals surface area contributed by atoms with Gasteiger partial charge in [-0.05, 0) is 55.3 Å². The maximum atomic E-state index is 12.7. The highest BCUT2D eigenvalue weighted by atomic mass is 35.5. The summed E-state index contributed by atoms with van der Waals surface area (Å²) in [7, 11) is 0. The van der Waals surface area contributed by atoms with Crippen LogP contribution in [0.25, 0.3) is 17.1 Å². The summed E-state index contributed by atoms with van der Waals surface area (Å²) in [6, 6.07) is 21.0. The van der Waals surface area contributed by atoms with Gasteiger partial charge in [0, 0.05) is 11.3 Å². The number of nitrogens with zero attached hydrogens (tertiary/aromatic N) is 3. The van der Waals surface area contributed by atoms with Crippen molar-refractivity contribution in [1.82, 2.24) is 14.8 Å². The molecule has 32 heavy (non-hydrogen) atoms. The van der Waals surface area contributed by atoms with E-state index in [2.05, 4.69) is 15.5 Å². The van der Waals surface area contributed by atoms with Crippen LogP contribution in [0.15, 0.2) is 71.9 Å². The monoisotopic (exact) mass is 482 g/mol. The first-order valence-corrected chi connectivity index (χ1v) is 11.6. The number of hydrogen-bond acceptors (Lipinski definition) is 4. The number of hydrogen-bond donors (Lipinski definition) is 1. The van der Waals surface area contributed by atoms with E-state index in [-0.39, 0.29) is 11.7 Å². The van der Waals surface area contributed by atoms with Gasteiger partial charge in [-0.25, -0.2) is 0 Å². The number of amides is 1. The average molecular weight is 483 g/mol. The summed E-state index contributed by atoms with van der Waals surface area (Å²) in [4.78, 5) is 12.7. The van der Waals surface area contributed by atoms with Crippen molar-refractivity contribution in [2.45, 2.75) is 19.0 Å². The molecule has 3 aromatic carbocycles. The van der Waals surface area contributed by atoms with Gasteiger partial charge >= 0.3 is 0 Å². The zero-order chi connectivity index (χ0) is 22.7. The SMILES string of the molecule is Cc1cc(C)c(NC(=O)CSc2nnc(-c3ccccc3Cl)n2-c2ccccc2)c(Cl)c1. The lowest BCUT2D eigenvalue weighted by molar-refractivity contribution is -0.113. The van der Waals surface area contributed by atoms with Crippen LogP contribution >= 0.6 is 35.0 Å². The predicted molar refractivity (Wildman–Crippen MR) is 132 cm³/mol. The molecule has 8 heteroatoms. The van der Waals surface area contributed by atoms with Crippen LogP contribution in [0.3, 0.4) is 0 Å². The lowest BCUT2D eigenvalue weighted by Crippen LogP contribution is -2.16. The number of nitrogens with one attached hydrogen (secondary N) is 1. The van der Waals surface area contributed by atoms with Crippen molar-refractivity contribution in [3.05, 3.63) is 87.9 Å². The van der Waals surface area contributed by atoms with E-state index < -0.39 is 0 Å². The van der Waals surface area contributed by atoms with Crippen molar-refractivity contribution in [2.24, 2.45) is 0 Å². The molecular formula is C24H20Cl2N4OS. The molecule has 4 rings (SSSR count). The molecule has 1 N–H and O–H groups in total. The first kappa shape index (κ1) is 22.4. The summed E-state index contributed by atoms with van der Waals surface area (Å²) in [6.07, 6.45) is 0. The second-order valence-corrected chi connectivity index (χ2v) is 8.99. The molecule has 5 nitrogen and oxygen atoms in total. The number of para-hydroxylation sites is 1. The molecule has 0 aliphatic carbocycles. The molecule has 0 atom stereocenters. The molecule has 162 valence electrons. The number of halogens is 2. The summed E-state index contributed by atoms with van der Waals surface area (Å²) in [5.41, 5.74) is 4.24. The molecular weight excluding hydrogens is 463 g/mol. The average Bonchev–Trinajstić information content (AvgIpc) is 3.19. The van der Waals surface area contributed by atoms with E-state index in [0.29, 0.717) is 26.7 Å². The molecule has 0 spiro atoms. The molecule has 0 radical (unpaired) electrons. The molecule has 0 saturated heterocycles. The molecule has 0 saturated carbocycles. The summed E-state index contributed by atoms with van der Waals surface area (Å²) in [5, 5.41) is 13.3. The van der Waals surface area contributed by atoms with E-state index >= 15 is 0 Å². The maximum absolute atomic E-state index is 12.7. The van der Waals surface area contributed by atoms with Crippen LogP contribution in [0.4, 0.5) is 5.69 Å². The fraction of sp³-hybridized carbons (Fsp3) is 0.125. The Hall–Kier alpha value is -2.80. The van der Waals surface area contributed by atoms with E-state index in [1.54, 1.807) is 0 Å². The van der Waals surface area contributed by atoms with Crippen molar-refractivity contribution in [3.8, 4) is 17.1 Å². The summed E-state index contributed by atoms with van der Waals surface area (Å²) in [5.74, 6) is 0.588. The third-order valence-electron chi connectivity index (χ3n) is 4.79. The van der Waals surface area contributed by atoms with Crippen LogP contribution in [0.2, 0.25) is 10.0 Å². The van der Waals surface area contributed by atoms with E-state index in [1.807, 2.05) is 85.1 Å². The van der Waals surface area contributed by atoms with E-state index in [0.717, 1.165) is 22.4 Å². The topological polar surface area (TPSA) is 59.8 Å². The number of anilines is 1. The van der Waals surface area contributed by atoms with Crippen LogP contribution in [0.1, 0.15) is 11.1 Å². The Morgan fingerprint density at radius 1 is 0.969 bits per heavy atom. The highest BCUT2D eigenvalue weighted by Crippen LogP contribution is 2.32. The number of carbonyl (C=O) groups is 1. The van der Waals surface area contributed by atoms with Gasteiger partial charge < -0.3 is 5.32 Å². The van der Waals surface area contributed by atoms with Crippen molar-refractivity contribution in [1.29, 1.82) is 0 Å². The van der Waals surface area contributed by atoms with Gasteiger partial charge in [-0.15, -0.1) is 10.2 Å². The largest absolute Gasteiger partial charge is 0.324 e. The predicted octanol–water partition coefficient (Wildman–Crippen LogP) is 6.59. The summed E-state index contributed by atoms with van der Waals surface area (Å²) < 4.78 is 1.91. The molecule has 0 aliphatic heterocycles. The number of benzene rings is 3. The lowest BCUT2D eigenvalue weighted by Gasteiger charge is -2.12. The first-order chi connectivity index (χ1) is 15.4. The van der Waals surface area contributed by atoms with Crippen LogP contribution in [-0.4, -0.2) is 26.4 Å². The van der Waals surface area contributed by atoms with E-state index in [9.17, 15) is 4.79 Å². The second kappa shape index (κ2) is 9.77. The minimum atomic E-state index is -0.175. The highest BCUT2D eigenvalue weighted by Gasteiger charge is 2.19. The van der Waals surface area contributed by atoms with Crippen molar-refractivity contribution < 1.29 is 4.79 Å². The summed E-state index contributed by atoms with van der Waals surface area (Å²) in [6.45, 7) is 3.89. The number of thioether (sulfide) groups is 1. The Bertz CT molecular complexity index is 1250. The van der Waals surface area contributed by atoms with Crippen molar-refractivity contribution in [2.75, 3.05) is 11.1 Å². The Morgan fingerprint density at radius 3 is 2.41 bits per heavy atom. The van der Waals surface area contributed by atoms with Crippen molar-refractivity contribution in [3.63, 3.8) is 0 Å². The van der Waals surface area contributed by atoms with Crippen molar-refractivity contribution >= 4 is 46.6 Å². The number of rotatable bonds is 6. The molecule has 0 unspecified atom stereocenters. The Balaban J connectivity index is 1.61. The van der Waals surface area contributed by atoms with Gasteiger partial charge in [-0.1, -0.05) is 71.4 Å². The third-order valence-corrected chi connectivity index (χ3v) is 6.35. The van der Waals surface area contributed by atoms with Crippen LogP contribution in [-0.2, 0) is 4.79 Å². The zero-order valence-electron chi connectivity index (χ0n) is 17.5. The van der Waals surface area contributed by atoms with Gasteiger partial charge in [0.25, 0.3) is 0 Å². The second-order valence-electron chi connectivity index (χ2n) is 7.23. The molecule has 0 fully saturated rings. The molecule has 1 aromatic heterocycles. The molecule has 0 aliphatic rings. The third kappa shape index (κ3) is 4.83. The highest BCUT2D eigenvalue weighted by molar-refractivity contribution is 7.99. The number of aromatic nitrogens is 3. The number of aryl methyl sites for hydroxylation is 2. The smallest absolute Gasteiger partial charge is 0.234 e. The zero-order valence-corrected chi connectivity index (χ0v) is 19.8. The standard InChI is InChI=1S/C24H20Cl2N4OS/c1-15-12-16(2)22(20(26)13-15)27-21(31)14-32-24-29-28-23(18-10-6-7-11-19(18)25)30(24)17-8-4-3-5-9-17/h3-13H,14H2,1-2H3,(H,27,31). The Labute approximate surface area is 200 Å². The molecule has 0 bridgehead atoms. The quantitative estimate of drug-likeness (QED) is 0.315. The molecule has 1 heterocycles. The minimum absolute atomic E-state index is 0.150. The minimum Gasteiger partial charge on any atom is -0.324 e. The molecule has 4 aromatic rings. The first-order valence-electron chi connectivity index (χ1n) is 9.89. The number of carbonyl (C=O) groups excluding carboxylic acids is 1. The fourth-order valence-electron chi connectivity index (χ4n) is 3.37. The van der Waals surface area contributed by atoms with Gasteiger partial charge in [-0.2, -0.15) is 0 Å². The maximum Gasteiger partial charge on any atom is 0.234 e. The summed E-state index contributed by atoms with van der Waals surface area (Å²) >= 11 is 14.0. The van der Waals surface area contributed by atoms with Gasteiger partial charge in [0.15, 0.2) is 11.0 Å². The lowest BCUT2D eigenvalue weighted by atomic mass is 10.1. The van der Waals surface area contributed by atoms with Crippen LogP contribution in [0, 0.1) is 13.8 Å². The van der Waals surface area contributed by atoms with Crippen LogP contribution < -0.4 is 5.32 Å². The Morgan fingerprint density at radius 2 is 1.69 bits per heavy atom. The van der Waals surface area contributed by atoms with Gasteiger partial charge in [0.05, 0.1) is 21.5 Å². The Kier molecular flexibility index (Phi) is 6.84. The van der Waals surface area contributed by atoms with Gasteiger partial charge in [0.1, 0.15) is 0 Å². The van der Waals surface area contributed by atoms with Gasteiger partial charge in [-0.3, -0.25) is 9.36 Å². The fourth-order valence-corrected chi connectivity index (χ4v) is 4.71.